The average molecular weight is 459 g/mol. The van der Waals surface area contributed by atoms with E-state index in [0.717, 1.165) is 28.8 Å². The molecule has 2 aliphatic heterocycles. The van der Waals surface area contributed by atoms with Crippen molar-refractivity contribution < 1.29 is 19.7 Å². The molecule has 2 aliphatic carbocycles. The summed E-state index contributed by atoms with van der Waals surface area (Å²) in [6.07, 6.45) is 8.12. The van der Waals surface area contributed by atoms with Crippen LogP contribution in [0.15, 0.2) is 54.6 Å². The number of carbonyl (C=O) groups excluding carboxylic acids is 1. The first-order valence-corrected chi connectivity index (χ1v) is 11.9. The Bertz CT molecular complexity index is 1250. The summed E-state index contributed by atoms with van der Waals surface area (Å²) in [7, 11) is 3.83. The highest BCUT2D eigenvalue weighted by Gasteiger charge is 2.71. The molecule has 2 aromatic rings. The van der Waals surface area contributed by atoms with E-state index in [1.807, 2.05) is 55.5 Å². The van der Waals surface area contributed by atoms with Crippen LogP contribution in [-0.4, -0.2) is 70.3 Å². The summed E-state index contributed by atoms with van der Waals surface area (Å²) in [6, 6.07) is 11.2. The van der Waals surface area contributed by atoms with E-state index in [4.69, 9.17) is 4.74 Å². The van der Waals surface area contributed by atoms with E-state index in [1.54, 1.807) is 24.1 Å². The second kappa shape index (κ2) is 7.20. The summed E-state index contributed by atoms with van der Waals surface area (Å²) in [5.41, 5.74) is 2.31. The minimum absolute atomic E-state index is 0.0882. The first-order chi connectivity index (χ1) is 16.3. The van der Waals surface area contributed by atoms with Gasteiger partial charge in [-0.1, -0.05) is 48.0 Å². The van der Waals surface area contributed by atoms with Gasteiger partial charge >= 0.3 is 0 Å². The van der Waals surface area contributed by atoms with Gasteiger partial charge in [-0.25, -0.2) is 0 Å². The summed E-state index contributed by atoms with van der Waals surface area (Å²) in [5.74, 6) is 0.422. The molecule has 1 amide bonds. The predicted molar refractivity (Wildman–Crippen MR) is 130 cm³/mol. The lowest BCUT2D eigenvalue weighted by Crippen LogP contribution is -2.76. The number of aliphatic hydroxyl groups is 1. The molecule has 1 saturated heterocycles. The molecule has 176 valence electrons. The molecule has 2 bridgehead atoms. The van der Waals surface area contributed by atoms with Gasteiger partial charge in [0.2, 0.25) is 5.91 Å². The molecule has 0 aromatic heterocycles. The Morgan fingerprint density at radius 1 is 1.29 bits per heavy atom. The van der Waals surface area contributed by atoms with Crippen LogP contribution in [0.4, 0.5) is 0 Å². The van der Waals surface area contributed by atoms with Gasteiger partial charge in [-0.3, -0.25) is 9.69 Å². The highest BCUT2D eigenvalue weighted by molar-refractivity contribution is 5.92. The van der Waals surface area contributed by atoms with Crippen LogP contribution >= 0.6 is 0 Å². The molecule has 5 atom stereocenters. The molecule has 2 heterocycles. The van der Waals surface area contributed by atoms with Crippen molar-refractivity contribution in [3.63, 3.8) is 0 Å². The van der Waals surface area contributed by atoms with Crippen molar-refractivity contribution in [3.8, 4) is 11.5 Å². The van der Waals surface area contributed by atoms with E-state index in [-0.39, 0.29) is 23.7 Å². The van der Waals surface area contributed by atoms with Crippen LogP contribution in [-0.2, 0) is 16.6 Å². The largest absolute Gasteiger partial charge is 0.504 e. The highest BCUT2D eigenvalue weighted by Crippen LogP contribution is 2.64. The van der Waals surface area contributed by atoms with Crippen LogP contribution in [0.25, 0.3) is 6.08 Å². The van der Waals surface area contributed by atoms with Crippen LogP contribution in [0.3, 0.4) is 0 Å². The van der Waals surface area contributed by atoms with Gasteiger partial charge < -0.3 is 19.8 Å². The number of phenols is 1. The summed E-state index contributed by atoms with van der Waals surface area (Å²) in [5, 5.41) is 22.9. The Morgan fingerprint density at radius 3 is 2.91 bits per heavy atom. The summed E-state index contributed by atoms with van der Waals surface area (Å²) in [4.78, 5) is 17.1. The lowest BCUT2D eigenvalue weighted by atomic mass is 9.50. The van der Waals surface area contributed by atoms with Gasteiger partial charge in [0.15, 0.2) is 11.5 Å². The van der Waals surface area contributed by atoms with Crippen LogP contribution in [0.1, 0.15) is 28.7 Å². The third-order valence-electron chi connectivity index (χ3n) is 8.54. The maximum atomic E-state index is 13.2. The molecule has 2 aromatic carbocycles. The maximum absolute atomic E-state index is 13.2. The number of aryl methyl sites for hydroxylation is 1. The zero-order valence-electron chi connectivity index (χ0n) is 19.7. The molecule has 6 rings (SSSR count). The molecule has 4 aliphatic rings. The van der Waals surface area contributed by atoms with Gasteiger partial charge in [-0.2, -0.15) is 0 Å². The highest BCUT2D eigenvalue weighted by atomic mass is 16.5. The van der Waals surface area contributed by atoms with E-state index < -0.39 is 17.1 Å². The number of benzene rings is 2. The maximum Gasteiger partial charge on any atom is 0.246 e. The van der Waals surface area contributed by atoms with Gasteiger partial charge in [0.05, 0.1) is 11.5 Å². The van der Waals surface area contributed by atoms with Crippen molar-refractivity contribution in [3.05, 3.63) is 76.9 Å². The molecule has 1 fully saturated rings. The summed E-state index contributed by atoms with van der Waals surface area (Å²) < 4.78 is 6.47. The third-order valence-corrected chi connectivity index (χ3v) is 8.54. The standard InChI is InChI=1S/C28H30N2O4/c1-17-5-4-6-18(15-17)7-10-23(32)30(3)20-11-12-28(33)22-16-19-8-9-21(31)25-24(19)27(28,26(20)34-25)13-14-29(22)2/h4-12,15,20,22,26,31,33H,13-14,16H2,1-3H3/t20-,22+,26-,27-,28+/m0/s1. The zero-order chi connectivity index (χ0) is 23.8. The lowest BCUT2D eigenvalue weighted by molar-refractivity contribution is -0.150. The molecular formula is C28H30N2O4. The van der Waals surface area contributed by atoms with Crippen molar-refractivity contribution in [1.29, 1.82) is 0 Å². The van der Waals surface area contributed by atoms with Gasteiger partial charge in [-0.15, -0.1) is 0 Å². The first kappa shape index (κ1) is 21.4. The van der Waals surface area contributed by atoms with E-state index >= 15 is 0 Å². The number of nitrogens with zero attached hydrogens (tertiary/aromatic N) is 2. The molecule has 34 heavy (non-hydrogen) atoms. The molecule has 0 saturated carbocycles. The number of phenolic OH excluding ortho intramolecular Hbond substituents is 1. The Hall–Kier alpha value is -3.09. The van der Waals surface area contributed by atoms with Gasteiger partial charge in [0.1, 0.15) is 11.7 Å². The first-order valence-electron chi connectivity index (χ1n) is 11.9. The number of rotatable bonds is 3. The zero-order valence-corrected chi connectivity index (χ0v) is 19.7. The van der Waals surface area contributed by atoms with Gasteiger partial charge in [0, 0.05) is 24.7 Å². The Kier molecular flexibility index (Phi) is 4.54. The average Bonchev–Trinajstić information content (AvgIpc) is 3.17. The number of likely N-dealkylation sites (tertiary alicyclic amines) is 1. The number of aromatic hydroxyl groups is 1. The van der Waals surface area contributed by atoms with Crippen LogP contribution in [0.2, 0.25) is 0 Å². The Balaban J connectivity index is 1.41. The number of hydrogen-bond donors (Lipinski definition) is 2. The summed E-state index contributed by atoms with van der Waals surface area (Å²) >= 11 is 0. The van der Waals surface area contributed by atoms with Crippen LogP contribution in [0, 0.1) is 6.92 Å². The number of amides is 1. The predicted octanol–water partition coefficient (Wildman–Crippen LogP) is 2.80. The van der Waals surface area contributed by atoms with E-state index in [1.165, 1.54) is 0 Å². The molecule has 0 radical (unpaired) electrons. The van der Waals surface area contributed by atoms with Crippen LogP contribution < -0.4 is 4.74 Å². The normalized spacial score (nSPS) is 33.0. The molecule has 2 N–H and O–H groups in total. The fourth-order valence-corrected chi connectivity index (χ4v) is 6.82. The number of hydrogen-bond acceptors (Lipinski definition) is 5. The SMILES string of the molecule is Cc1cccc(C=CC(=O)N(C)[C@H]2C=C[C@@]3(O)[C@H]4Cc5ccc(O)c6c5[C@@]3(CCN4C)[C@H]2O6)c1. The van der Waals surface area contributed by atoms with E-state index in [2.05, 4.69) is 11.9 Å². The third kappa shape index (κ3) is 2.67. The van der Waals surface area contributed by atoms with E-state index in [9.17, 15) is 15.0 Å². The minimum atomic E-state index is -1.13. The number of carbonyl (C=O) groups is 1. The van der Waals surface area contributed by atoms with Gasteiger partial charge in [-0.05, 0) is 56.6 Å². The number of ether oxygens (including phenoxy) is 1. The van der Waals surface area contributed by atoms with Crippen molar-refractivity contribution in [2.24, 2.45) is 0 Å². The second-order valence-corrected chi connectivity index (χ2v) is 10.3. The Labute approximate surface area is 199 Å². The van der Waals surface area contributed by atoms with Gasteiger partial charge in [0.25, 0.3) is 0 Å². The second-order valence-electron chi connectivity index (χ2n) is 10.3. The Morgan fingerprint density at radius 2 is 2.12 bits per heavy atom. The van der Waals surface area contributed by atoms with E-state index in [0.29, 0.717) is 18.6 Å². The van der Waals surface area contributed by atoms with Crippen molar-refractivity contribution in [1.82, 2.24) is 9.80 Å². The number of piperidine rings is 1. The quantitative estimate of drug-likeness (QED) is 0.547. The van der Waals surface area contributed by atoms with Crippen molar-refractivity contribution in [2.45, 2.75) is 49.0 Å². The summed E-state index contributed by atoms with van der Waals surface area (Å²) in [6.45, 7) is 2.84. The fraction of sp³-hybridized carbons (Fsp3) is 0.393. The van der Waals surface area contributed by atoms with Crippen molar-refractivity contribution in [2.75, 3.05) is 20.6 Å². The monoisotopic (exact) mass is 458 g/mol. The van der Waals surface area contributed by atoms with Crippen molar-refractivity contribution >= 4 is 12.0 Å². The molecule has 6 nitrogen and oxygen atoms in total. The molecule has 1 spiro atoms. The van der Waals surface area contributed by atoms with Crippen LogP contribution in [0.5, 0.6) is 11.5 Å². The topological polar surface area (TPSA) is 73.2 Å². The lowest BCUT2D eigenvalue weighted by Gasteiger charge is -2.62. The molecule has 6 heteroatoms. The fourth-order valence-electron chi connectivity index (χ4n) is 6.82. The molecule has 0 unspecified atom stereocenters. The smallest absolute Gasteiger partial charge is 0.246 e. The minimum Gasteiger partial charge on any atom is -0.504 e. The number of likely N-dealkylation sites (N-methyl/N-ethyl adjacent to an activating group) is 2. The molecular weight excluding hydrogens is 428 g/mol.